The number of fused-ring (bicyclic) bond motifs is 1. The number of para-hydroxylation sites is 1. The second-order valence-electron chi connectivity index (χ2n) is 7.90. The van der Waals surface area contributed by atoms with E-state index in [0.29, 0.717) is 0 Å². The number of hydrogen-bond acceptors (Lipinski definition) is 5. The third-order valence-corrected chi connectivity index (χ3v) is 5.86. The predicted octanol–water partition coefficient (Wildman–Crippen LogP) is 4.20. The van der Waals surface area contributed by atoms with Crippen LogP contribution in [0.2, 0.25) is 0 Å². The Bertz CT molecular complexity index is 1160. The molecule has 4 aromatic rings. The van der Waals surface area contributed by atoms with Crippen LogP contribution in [0.5, 0.6) is 0 Å². The molecule has 0 aliphatic carbocycles. The fourth-order valence-corrected chi connectivity index (χ4v) is 3.96. The molecule has 1 aliphatic heterocycles. The van der Waals surface area contributed by atoms with Crippen LogP contribution in [0.3, 0.4) is 0 Å². The molecule has 0 saturated carbocycles. The molecule has 6 nitrogen and oxygen atoms in total. The van der Waals surface area contributed by atoms with Gasteiger partial charge in [-0.15, -0.1) is 0 Å². The minimum absolute atomic E-state index is 0.848. The highest BCUT2D eigenvalue weighted by Crippen LogP contribution is 2.28. The zero-order valence-electron chi connectivity index (χ0n) is 17.4. The van der Waals surface area contributed by atoms with E-state index in [4.69, 9.17) is 0 Å². The van der Waals surface area contributed by atoms with Crippen LogP contribution in [0.4, 0.5) is 17.2 Å². The summed E-state index contributed by atoms with van der Waals surface area (Å²) in [6.45, 7) is 6.45. The average molecular weight is 399 g/mol. The molecule has 2 aromatic heterocycles. The van der Waals surface area contributed by atoms with Crippen LogP contribution >= 0.6 is 0 Å². The largest absolute Gasteiger partial charge is 0.369 e. The molecule has 1 N–H and O–H groups in total. The van der Waals surface area contributed by atoms with Gasteiger partial charge in [0.25, 0.3) is 0 Å². The van der Waals surface area contributed by atoms with Crippen molar-refractivity contribution in [1.82, 2.24) is 19.5 Å². The van der Waals surface area contributed by atoms with E-state index in [2.05, 4.69) is 75.6 Å². The number of aromatic nitrogens is 3. The smallest absolute Gasteiger partial charge is 0.165 e. The van der Waals surface area contributed by atoms with Crippen LogP contribution in [0.25, 0.3) is 16.8 Å². The first-order chi connectivity index (χ1) is 14.7. The van der Waals surface area contributed by atoms with Crippen molar-refractivity contribution in [3.05, 3.63) is 72.6 Å². The molecule has 6 heteroatoms. The Morgan fingerprint density at radius 2 is 1.67 bits per heavy atom. The van der Waals surface area contributed by atoms with Gasteiger partial charge < -0.3 is 15.1 Å². The van der Waals surface area contributed by atoms with Crippen LogP contribution in [0, 0.1) is 6.92 Å². The van der Waals surface area contributed by atoms with Crippen molar-refractivity contribution in [3.63, 3.8) is 0 Å². The molecule has 0 bridgehead atoms. The van der Waals surface area contributed by atoms with Gasteiger partial charge in [-0.3, -0.25) is 0 Å². The number of likely N-dealkylation sites (N-methyl/N-ethyl adjacent to an activating group) is 1. The maximum absolute atomic E-state index is 4.62. The minimum atomic E-state index is 0.848. The zero-order chi connectivity index (χ0) is 20.5. The van der Waals surface area contributed by atoms with Gasteiger partial charge in [-0.05, 0) is 49.4 Å². The number of piperazine rings is 1. The third-order valence-electron chi connectivity index (χ3n) is 5.86. The number of anilines is 3. The molecule has 0 amide bonds. The third kappa shape index (κ3) is 3.50. The number of rotatable bonds is 4. The lowest BCUT2D eigenvalue weighted by atomic mass is 10.1. The van der Waals surface area contributed by atoms with Gasteiger partial charge in [0, 0.05) is 49.3 Å². The Balaban J connectivity index is 1.43. The van der Waals surface area contributed by atoms with Crippen molar-refractivity contribution in [3.8, 4) is 11.1 Å². The summed E-state index contributed by atoms with van der Waals surface area (Å²) in [4.78, 5) is 9.43. The Kier molecular flexibility index (Phi) is 4.85. The van der Waals surface area contributed by atoms with Crippen LogP contribution < -0.4 is 10.2 Å². The first kappa shape index (κ1) is 18.6. The summed E-state index contributed by atoms with van der Waals surface area (Å²) in [5.74, 6) is 0.898. The molecule has 0 radical (unpaired) electrons. The zero-order valence-corrected chi connectivity index (χ0v) is 17.4. The fraction of sp³-hybridized carbons (Fsp3) is 0.250. The summed E-state index contributed by atoms with van der Waals surface area (Å²) >= 11 is 0. The summed E-state index contributed by atoms with van der Waals surface area (Å²) in [7, 11) is 2.18. The molecule has 1 saturated heterocycles. The first-order valence-corrected chi connectivity index (χ1v) is 10.4. The second kappa shape index (κ2) is 7.80. The minimum Gasteiger partial charge on any atom is -0.369 e. The highest BCUT2D eigenvalue weighted by Gasteiger charge is 2.15. The second-order valence-corrected chi connectivity index (χ2v) is 7.90. The van der Waals surface area contributed by atoms with E-state index in [9.17, 15) is 0 Å². The predicted molar refractivity (Wildman–Crippen MR) is 123 cm³/mol. The highest BCUT2D eigenvalue weighted by molar-refractivity contribution is 5.79. The van der Waals surface area contributed by atoms with Crippen molar-refractivity contribution in [2.24, 2.45) is 0 Å². The summed E-state index contributed by atoms with van der Waals surface area (Å²) < 4.78 is 1.87. The molecule has 152 valence electrons. The Morgan fingerprint density at radius 3 is 2.43 bits per heavy atom. The number of benzene rings is 2. The van der Waals surface area contributed by atoms with E-state index in [0.717, 1.165) is 54.5 Å². The average Bonchev–Trinajstić information content (AvgIpc) is 3.21. The van der Waals surface area contributed by atoms with E-state index in [-0.39, 0.29) is 0 Å². The van der Waals surface area contributed by atoms with E-state index in [1.807, 2.05) is 35.1 Å². The molecule has 30 heavy (non-hydrogen) atoms. The lowest BCUT2D eigenvalue weighted by Gasteiger charge is -2.34. The van der Waals surface area contributed by atoms with Gasteiger partial charge in [-0.25, -0.2) is 4.98 Å². The Hall–Kier alpha value is -3.38. The van der Waals surface area contributed by atoms with Gasteiger partial charge in [0.1, 0.15) is 5.82 Å². The van der Waals surface area contributed by atoms with E-state index >= 15 is 0 Å². The van der Waals surface area contributed by atoms with E-state index < -0.39 is 0 Å². The number of nitrogens with zero attached hydrogens (tertiary/aromatic N) is 5. The maximum atomic E-state index is 4.62. The first-order valence-electron chi connectivity index (χ1n) is 10.4. The SMILES string of the molecule is Cc1ccccc1Nc1ccnc2c(-c3ccc(N4CCN(C)CC4)cc3)cnn12. The van der Waals surface area contributed by atoms with Gasteiger partial charge in [-0.2, -0.15) is 9.61 Å². The molecular weight excluding hydrogens is 372 g/mol. The molecule has 0 spiro atoms. The molecular formula is C24H26N6. The van der Waals surface area contributed by atoms with Crippen LogP contribution in [-0.2, 0) is 0 Å². The van der Waals surface area contributed by atoms with Crippen molar-refractivity contribution in [2.45, 2.75) is 6.92 Å². The van der Waals surface area contributed by atoms with Gasteiger partial charge in [0.15, 0.2) is 5.65 Å². The van der Waals surface area contributed by atoms with Gasteiger partial charge in [-0.1, -0.05) is 30.3 Å². The number of hydrogen-bond donors (Lipinski definition) is 1. The molecule has 3 heterocycles. The molecule has 0 unspecified atom stereocenters. The maximum Gasteiger partial charge on any atom is 0.165 e. The van der Waals surface area contributed by atoms with Crippen LogP contribution in [0.1, 0.15) is 5.56 Å². The summed E-state index contributed by atoms with van der Waals surface area (Å²) in [6.07, 6.45) is 3.73. The Morgan fingerprint density at radius 1 is 0.900 bits per heavy atom. The standard InChI is InChI=1S/C24H26N6/c1-18-5-3-4-6-22(18)27-23-11-12-25-24-21(17-26-30(23)24)19-7-9-20(10-8-19)29-15-13-28(2)14-16-29/h3-12,17,27H,13-16H2,1-2H3. The van der Waals surface area contributed by atoms with E-state index in [1.165, 1.54) is 11.3 Å². The lowest BCUT2D eigenvalue weighted by molar-refractivity contribution is 0.313. The van der Waals surface area contributed by atoms with Gasteiger partial charge in [0.05, 0.1) is 6.20 Å². The van der Waals surface area contributed by atoms with Gasteiger partial charge in [0.2, 0.25) is 0 Å². The topological polar surface area (TPSA) is 48.7 Å². The molecule has 5 rings (SSSR count). The molecule has 1 fully saturated rings. The monoisotopic (exact) mass is 398 g/mol. The quantitative estimate of drug-likeness (QED) is 0.558. The fourth-order valence-electron chi connectivity index (χ4n) is 3.96. The normalized spacial score (nSPS) is 14.9. The van der Waals surface area contributed by atoms with Crippen molar-refractivity contribution < 1.29 is 0 Å². The van der Waals surface area contributed by atoms with Gasteiger partial charge >= 0.3 is 0 Å². The number of nitrogens with one attached hydrogen (secondary N) is 1. The summed E-state index contributed by atoms with van der Waals surface area (Å²) in [6, 6.07) is 19.0. The van der Waals surface area contributed by atoms with Crippen molar-refractivity contribution in [2.75, 3.05) is 43.4 Å². The molecule has 2 aromatic carbocycles. The van der Waals surface area contributed by atoms with Crippen molar-refractivity contribution >= 4 is 22.8 Å². The summed E-state index contributed by atoms with van der Waals surface area (Å²) in [5, 5.41) is 8.10. The molecule has 0 atom stereocenters. The lowest BCUT2D eigenvalue weighted by Crippen LogP contribution is -2.44. The van der Waals surface area contributed by atoms with Crippen LogP contribution in [-0.4, -0.2) is 52.7 Å². The van der Waals surface area contributed by atoms with Crippen LogP contribution in [0.15, 0.2) is 67.0 Å². The van der Waals surface area contributed by atoms with E-state index in [1.54, 1.807) is 0 Å². The number of aryl methyl sites for hydroxylation is 1. The van der Waals surface area contributed by atoms with Crippen molar-refractivity contribution in [1.29, 1.82) is 0 Å². The summed E-state index contributed by atoms with van der Waals surface area (Å²) in [5.41, 5.74) is 6.55. The Labute approximate surface area is 176 Å². The molecule has 1 aliphatic rings. The highest BCUT2D eigenvalue weighted by atomic mass is 15.3.